The Kier molecular flexibility index (Phi) is 7.37. The fraction of sp³-hybridized carbons (Fsp3) is 0.120. The van der Waals surface area contributed by atoms with Crippen molar-refractivity contribution in [1.29, 1.82) is 0 Å². The van der Waals surface area contributed by atoms with Crippen LogP contribution in [0, 0.1) is 0 Å². The smallest absolute Gasteiger partial charge is 0.405 e. The van der Waals surface area contributed by atoms with E-state index in [9.17, 15) is 27.9 Å². The number of amides is 3. The number of fused-ring (bicyclic) bond motifs is 1. The molecule has 3 aromatic carbocycles. The zero-order valence-electron chi connectivity index (χ0n) is 20.1. The van der Waals surface area contributed by atoms with Crippen molar-refractivity contribution in [3.63, 3.8) is 0 Å². The summed E-state index contributed by atoms with van der Waals surface area (Å²) in [4.78, 5) is 42.0. The van der Waals surface area contributed by atoms with Crippen molar-refractivity contribution in [3.8, 4) is 5.69 Å². The number of anilines is 2. The van der Waals surface area contributed by atoms with E-state index in [2.05, 4.69) is 20.9 Å². The monoisotopic (exact) mass is 555 g/mol. The second-order valence-corrected chi connectivity index (χ2v) is 10.7. The van der Waals surface area contributed by atoms with Crippen LogP contribution in [-0.4, -0.2) is 41.5 Å². The summed E-state index contributed by atoms with van der Waals surface area (Å²) in [5.74, 6) is 0.107. The normalized spacial score (nSPS) is 12.1. The molecule has 0 bridgehead atoms. The topological polar surface area (TPSA) is 159 Å². The first-order valence-corrected chi connectivity index (χ1v) is 13.4. The Morgan fingerprint density at radius 3 is 2.45 bits per heavy atom. The largest absolute Gasteiger partial charge is 0.465 e. The molecule has 3 amide bonds. The van der Waals surface area contributed by atoms with Crippen LogP contribution in [0.15, 0.2) is 76.4 Å². The zero-order chi connectivity index (χ0) is 27.6. The lowest BCUT2D eigenvalue weighted by atomic mass is 10.2. The van der Waals surface area contributed by atoms with Crippen molar-refractivity contribution in [2.45, 2.75) is 17.9 Å². The summed E-state index contributed by atoms with van der Waals surface area (Å²) in [5.41, 5.74) is 0.425. The molecule has 0 spiro atoms. The van der Waals surface area contributed by atoms with E-state index in [0.29, 0.717) is 5.52 Å². The first-order valence-electron chi connectivity index (χ1n) is 11.1. The van der Waals surface area contributed by atoms with Crippen LogP contribution in [0.1, 0.15) is 18.8 Å². The molecule has 38 heavy (non-hydrogen) atoms. The van der Waals surface area contributed by atoms with Gasteiger partial charge in [0.1, 0.15) is 5.82 Å². The van der Waals surface area contributed by atoms with Gasteiger partial charge in [0.15, 0.2) is 9.84 Å². The number of carboxylic acid groups (broad SMARTS) is 1. The van der Waals surface area contributed by atoms with Gasteiger partial charge in [0, 0.05) is 11.9 Å². The van der Waals surface area contributed by atoms with Crippen LogP contribution < -0.4 is 21.5 Å². The summed E-state index contributed by atoms with van der Waals surface area (Å²) in [5, 5.41) is 17.0. The van der Waals surface area contributed by atoms with Gasteiger partial charge in [0.2, 0.25) is 0 Å². The fourth-order valence-electron chi connectivity index (χ4n) is 3.90. The van der Waals surface area contributed by atoms with Crippen LogP contribution in [0.5, 0.6) is 0 Å². The highest BCUT2D eigenvalue weighted by Gasteiger charge is 2.21. The van der Waals surface area contributed by atoms with Gasteiger partial charge in [-0.05, 0) is 49.4 Å². The van der Waals surface area contributed by atoms with E-state index in [-0.39, 0.29) is 38.2 Å². The number of rotatable bonds is 6. The molecule has 0 radical (unpaired) electrons. The average Bonchev–Trinajstić information content (AvgIpc) is 2.83. The Hall–Kier alpha value is -4.42. The van der Waals surface area contributed by atoms with Gasteiger partial charge in [0.05, 0.1) is 38.2 Å². The lowest BCUT2D eigenvalue weighted by molar-refractivity contribution is 0.190. The van der Waals surface area contributed by atoms with E-state index in [1.165, 1.54) is 29.7 Å². The fourth-order valence-corrected chi connectivity index (χ4v) is 4.99. The number of hydrogen-bond donors (Lipinski definition) is 4. The van der Waals surface area contributed by atoms with Gasteiger partial charge in [-0.3, -0.25) is 9.36 Å². The predicted molar refractivity (Wildman–Crippen MR) is 144 cm³/mol. The van der Waals surface area contributed by atoms with Gasteiger partial charge in [-0.25, -0.2) is 23.0 Å². The minimum atomic E-state index is -3.59. The lowest BCUT2D eigenvalue weighted by Gasteiger charge is -2.19. The standard InChI is InChI=1S/C25H22ClN5O6S/c1-14(27-25(34)35)22-29-19-11-6-9-17(26)21(19)23(32)31(22)16-8-5-7-15(13-16)28-24(33)30-18-10-3-4-12-20(18)38(2,36)37/h3-14,27H,1-2H3,(H,34,35)(H2,28,30,33). The van der Waals surface area contributed by atoms with Crippen molar-refractivity contribution >= 4 is 55.8 Å². The van der Waals surface area contributed by atoms with E-state index in [4.69, 9.17) is 11.6 Å². The third kappa shape index (κ3) is 5.61. The van der Waals surface area contributed by atoms with Crippen LogP contribution >= 0.6 is 11.6 Å². The first-order chi connectivity index (χ1) is 18.0. The maximum absolute atomic E-state index is 13.6. The van der Waals surface area contributed by atoms with Crippen LogP contribution in [0.3, 0.4) is 0 Å². The lowest BCUT2D eigenvalue weighted by Crippen LogP contribution is -2.32. The highest BCUT2D eigenvalue weighted by Crippen LogP contribution is 2.25. The third-order valence-electron chi connectivity index (χ3n) is 5.50. The molecule has 1 aromatic heterocycles. The maximum atomic E-state index is 13.6. The second kappa shape index (κ2) is 10.5. The summed E-state index contributed by atoms with van der Waals surface area (Å²) in [6, 6.07) is 15.4. The Labute approximate surface area is 222 Å². The number of nitrogens with zero attached hydrogens (tertiary/aromatic N) is 2. The van der Waals surface area contributed by atoms with Crippen molar-refractivity contribution in [2.75, 3.05) is 16.9 Å². The molecule has 11 nitrogen and oxygen atoms in total. The molecule has 196 valence electrons. The van der Waals surface area contributed by atoms with Gasteiger partial charge in [-0.15, -0.1) is 0 Å². The Morgan fingerprint density at radius 1 is 1.03 bits per heavy atom. The number of halogens is 1. The molecule has 0 fully saturated rings. The minimum Gasteiger partial charge on any atom is -0.465 e. The Balaban J connectivity index is 1.74. The Bertz CT molecular complexity index is 1740. The summed E-state index contributed by atoms with van der Waals surface area (Å²) >= 11 is 6.29. The van der Waals surface area contributed by atoms with Gasteiger partial charge in [-0.1, -0.05) is 35.9 Å². The molecule has 1 atom stereocenters. The summed E-state index contributed by atoms with van der Waals surface area (Å²) < 4.78 is 25.3. The van der Waals surface area contributed by atoms with Crippen molar-refractivity contribution in [1.82, 2.24) is 14.9 Å². The number of sulfone groups is 1. The van der Waals surface area contributed by atoms with Gasteiger partial charge >= 0.3 is 12.1 Å². The summed E-state index contributed by atoms with van der Waals surface area (Å²) in [6.07, 6.45) is -0.264. The van der Waals surface area contributed by atoms with E-state index >= 15 is 0 Å². The minimum absolute atomic E-state index is 0.0425. The third-order valence-corrected chi connectivity index (χ3v) is 6.97. The first kappa shape index (κ1) is 26.6. The molecule has 1 heterocycles. The molecule has 0 aliphatic carbocycles. The molecule has 0 saturated heterocycles. The number of urea groups is 1. The molecule has 0 saturated carbocycles. The van der Waals surface area contributed by atoms with Crippen LogP contribution in [-0.2, 0) is 9.84 Å². The molecular formula is C25H22ClN5O6S. The summed E-state index contributed by atoms with van der Waals surface area (Å²) in [7, 11) is -3.59. The molecule has 0 aliphatic rings. The van der Waals surface area contributed by atoms with Crippen molar-refractivity contribution < 1.29 is 23.1 Å². The van der Waals surface area contributed by atoms with E-state index in [0.717, 1.165) is 6.26 Å². The number of para-hydroxylation sites is 1. The number of carbonyl (C=O) groups excluding carboxylic acids is 1. The molecule has 1 unspecified atom stereocenters. The van der Waals surface area contributed by atoms with Gasteiger partial charge in [-0.2, -0.15) is 0 Å². The second-order valence-electron chi connectivity index (χ2n) is 8.31. The predicted octanol–water partition coefficient (Wildman–Crippen LogP) is 4.42. The van der Waals surface area contributed by atoms with Crippen LogP contribution in [0.2, 0.25) is 5.02 Å². The highest BCUT2D eigenvalue weighted by molar-refractivity contribution is 7.90. The number of aromatic nitrogens is 2. The quantitative estimate of drug-likeness (QED) is 0.274. The van der Waals surface area contributed by atoms with Gasteiger partial charge in [0.25, 0.3) is 5.56 Å². The average molecular weight is 556 g/mol. The van der Waals surface area contributed by atoms with E-state index in [1.54, 1.807) is 48.5 Å². The molecule has 4 N–H and O–H groups in total. The van der Waals surface area contributed by atoms with Crippen molar-refractivity contribution in [3.05, 3.63) is 87.9 Å². The van der Waals surface area contributed by atoms with Crippen LogP contribution in [0.25, 0.3) is 16.6 Å². The van der Waals surface area contributed by atoms with Crippen molar-refractivity contribution in [2.24, 2.45) is 0 Å². The number of hydrogen-bond acceptors (Lipinski definition) is 6. The zero-order valence-corrected chi connectivity index (χ0v) is 21.7. The SMILES string of the molecule is CC(NC(=O)O)c1nc2cccc(Cl)c2c(=O)n1-c1cccc(NC(=O)Nc2ccccc2S(C)(=O)=O)c1. The molecule has 13 heteroatoms. The maximum Gasteiger partial charge on any atom is 0.405 e. The van der Waals surface area contributed by atoms with Crippen LogP contribution in [0.4, 0.5) is 21.0 Å². The number of carbonyl (C=O) groups is 2. The molecule has 4 rings (SSSR count). The van der Waals surface area contributed by atoms with Gasteiger partial charge < -0.3 is 21.1 Å². The van der Waals surface area contributed by atoms with E-state index in [1.807, 2.05) is 0 Å². The molecule has 0 aliphatic heterocycles. The molecular weight excluding hydrogens is 534 g/mol. The van der Waals surface area contributed by atoms with E-state index < -0.39 is 33.6 Å². The number of benzene rings is 3. The Morgan fingerprint density at radius 2 is 1.74 bits per heavy atom. The molecule has 4 aromatic rings. The highest BCUT2D eigenvalue weighted by atomic mass is 35.5. The number of nitrogens with one attached hydrogen (secondary N) is 3. The summed E-state index contributed by atoms with van der Waals surface area (Å²) in [6.45, 7) is 1.54.